The number of nitriles is 1. The molecule has 1 saturated carbocycles. The minimum atomic E-state index is -3.53. The van der Waals surface area contributed by atoms with Crippen molar-refractivity contribution in [1.29, 1.82) is 5.26 Å². The van der Waals surface area contributed by atoms with Gasteiger partial charge in [-0.25, -0.2) is 13.4 Å². The van der Waals surface area contributed by atoms with Crippen LogP contribution in [0.15, 0.2) is 35.4 Å². The van der Waals surface area contributed by atoms with Crippen LogP contribution >= 0.6 is 0 Å². The number of carbonyl (C=O) groups is 1. The highest BCUT2D eigenvalue weighted by atomic mass is 32.2. The number of anilines is 3. The summed E-state index contributed by atoms with van der Waals surface area (Å²) in [5, 5.41) is 18.2. The Bertz CT molecular complexity index is 1120. The number of para-hydroxylation sites is 1. The minimum Gasteiger partial charge on any atom is -0.354 e. The number of amides is 1. The van der Waals surface area contributed by atoms with Crippen molar-refractivity contribution in [3.05, 3.63) is 36.0 Å². The molecule has 0 saturated heterocycles. The van der Waals surface area contributed by atoms with Gasteiger partial charge in [0.1, 0.15) is 11.6 Å². The first-order chi connectivity index (χ1) is 15.2. The number of hydrogen-bond donors (Lipinski definition) is 3. The Morgan fingerprint density at radius 3 is 2.44 bits per heavy atom. The van der Waals surface area contributed by atoms with E-state index < -0.39 is 15.1 Å². The zero-order chi connectivity index (χ0) is 23.3. The van der Waals surface area contributed by atoms with Gasteiger partial charge < -0.3 is 16.0 Å². The molecule has 1 amide bonds. The predicted molar refractivity (Wildman–Crippen MR) is 122 cm³/mol. The van der Waals surface area contributed by atoms with Crippen LogP contribution in [0.3, 0.4) is 0 Å². The lowest BCUT2D eigenvalue weighted by molar-refractivity contribution is -0.119. The fraction of sp³-hybridized carbons (Fsp3) is 0.455. The van der Waals surface area contributed by atoms with Crippen LogP contribution in [0.4, 0.5) is 17.5 Å². The molecular weight excluding hydrogens is 428 g/mol. The Balaban J connectivity index is 1.79. The normalized spacial score (nSPS) is 18.6. The van der Waals surface area contributed by atoms with Crippen LogP contribution < -0.4 is 16.0 Å². The van der Waals surface area contributed by atoms with Crippen molar-refractivity contribution in [2.45, 2.75) is 68.7 Å². The van der Waals surface area contributed by atoms with E-state index in [9.17, 15) is 18.5 Å². The second kappa shape index (κ2) is 9.96. The van der Waals surface area contributed by atoms with Gasteiger partial charge in [-0.3, -0.25) is 4.79 Å². The van der Waals surface area contributed by atoms with Gasteiger partial charge in [0.15, 0.2) is 15.7 Å². The molecule has 1 heterocycles. The molecule has 1 aromatic carbocycles. The lowest BCUT2D eigenvalue weighted by atomic mass is 9.91. The number of aromatic nitrogens is 2. The largest absolute Gasteiger partial charge is 0.354 e. The maximum absolute atomic E-state index is 12.7. The van der Waals surface area contributed by atoms with Gasteiger partial charge in [-0.05, 0) is 51.7 Å². The van der Waals surface area contributed by atoms with E-state index in [0.29, 0.717) is 11.6 Å². The summed E-state index contributed by atoms with van der Waals surface area (Å²) >= 11 is 0. The zero-order valence-electron chi connectivity index (χ0n) is 18.4. The number of benzene rings is 1. The van der Waals surface area contributed by atoms with E-state index in [4.69, 9.17) is 0 Å². The van der Waals surface area contributed by atoms with Gasteiger partial charge in [-0.1, -0.05) is 12.1 Å². The Morgan fingerprint density at radius 1 is 1.16 bits per heavy atom. The summed E-state index contributed by atoms with van der Waals surface area (Å²) < 4.78 is 25.5. The van der Waals surface area contributed by atoms with E-state index in [-0.39, 0.29) is 34.3 Å². The van der Waals surface area contributed by atoms with E-state index in [2.05, 4.69) is 25.9 Å². The van der Waals surface area contributed by atoms with Gasteiger partial charge in [0.05, 0.1) is 22.0 Å². The Hall–Kier alpha value is -3.19. The molecule has 0 spiro atoms. The van der Waals surface area contributed by atoms with Crippen molar-refractivity contribution in [3.63, 3.8) is 0 Å². The predicted octanol–water partition coefficient (Wildman–Crippen LogP) is 3.13. The van der Waals surface area contributed by atoms with Crippen molar-refractivity contribution in [3.8, 4) is 6.07 Å². The Kier molecular flexibility index (Phi) is 7.30. The van der Waals surface area contributed by atoms with Crippen LogP contribution in [0.5, 0.6) is 0 Å². The first-order valence-electron chi connectivity index (χ1n) is 10.6. The second-order valence-corrected chi connectivity index (χ2v) is 10.6. The molecule has 9 nitrogen and oxygen atoms in total. The Labute approximate surface area is 188 Å². The van der Waals surface area contributed by atoms with Crippen LogP contribution in [0, 0.1) is 11.3 Å². The van der Waals surface area contributed by atoms with Crippen molar-refractivity contribution >= 4 is 33.2 Å². The molecule has 1 aliphatic carbocycles. The molecule has 170 valence electrons. The smallest absolute Gasteiger partial charge is 0.224 e. The average molecular weight is 457 g/mol. The van der Waals surface area contributed by atoms with E-state index in [0.717, 1.165) is 25.7 Å². The van der Waals surface area contributed by atoms with Gasteiger partial charge in [-0.2, -0.15) is 10.2 Å². The van der Waals surface area contributed by atoms with E-state index in [1.54, 1.807) is 32.0 Å². The summed E-state index contributed by atoms with van der Waals surface area (Å²) in [5.41, 5.74) is 0.569. The number of hydrogen-bond acceptors (Lipinski definition) is 8. The van der Waals surface area contributed by atoms with Gasteiger partial charge >= 0.3 is 0 Å². The van der Waals surface area contributed by atoms with Crippen LogP contribution in [0.1, 0.15) is 52.0 Å². The summed E-state index contributed by atoms with van der Waals surface area (Å²) in [4.78, 5) is 20.1. The van der Waals surface area contributed by atoms with Crippen LogP contribution in [0.2, 0.25) is 0 Å². The molecule has 3 rings (SSSR count). The lowest BCUT2D eigenvalue weighted by Crippen LogP contribution is -2.39. The SMILES string of the molecule is CC(=O)NC1CCC(Nc2ncc(C#N)c(Nc3ccccc3S(=O)(=O)C(C)C)n2)CC1. The van der Waals surface area contributed by atoms with E-state index in [1.807, 2.05) is 6.07 Å². The molecule has 1 aromatic heterocycles. The number of rotatable bonds is 7. The molecule has 0 unspecified atom stereocenters. The number of sulfone groups is 1. The number of nitrogens with zero attached hydrogens (tertiary/aromatic N) is 3. The van der Waals surface area contributed by atoms with Crippen molar-refractivity contribution in [2.75, 3.05) is 10.6 Å². The third-order valence-electron chi connectivity index (χ3n) is 5.44. The fourth-order valence-corrected chi connectivity index (χ4v) is 4.88. The lowest BCUT2D eigenvalue weighted by Gasteiger charge is -2.29. The first kappa shape index (κ1) is 23.5. The molecule has 2 aromatic rings. The monoisotopic (exact) mass is 456 g/mol. The van der Waals surface area contributed by atoms with Gasteiger partial charge in [-0.15, -0.1) is 0 Å². The maximum atomic E-state index is 12.7. The summed E-state index contributed by atoms with van der Waals surface area (Å²) in [6, 6.07) is 8.95. The van der Waals surface area contributed by atoms with Gasteiger partial charge in [0, 0.05) is 19.0 Å². The van der Waals surface area contributed by atoms with Crippen LogP contribution in [-0.4, -0.2) is 41.6 Å². The topological polar surface area (TPSA) is 137 Å². The molecule has 0 bridgehead atoms. The van der Waals surface area contributed by atoms with E-state index >= 15 is 0 Å². The van der Waals surface area contributed by atoms with Gasteiger partial charge in [0.25, 0.3) is 0 Å². The molecule has 0 aliphatic heterocycles. The van der Waals surface area contributed by atoms with Crippen molar-refractivity contribution < 1.29 is 13.2 Å². The Morgan fingerprint density at radius 2 is 1.81 bits per heavy atom. The minimum absolute atomic E-state index is 0.0210. The second-order valence-electron chi connectivity index (χ2n) is 8.18. The molecule has 1 aliphatic rings. The summed E-state index contributed by atoms with van der Waals surface area (Å²) in [7, 11) is -3.53. The molecule has 0 atom stereocenters. The highest BCUT2D eigenvalue weighted by molar-refractivity contribution is 7.92. The summed E-state index contributed by atoms with van der Waals surface area (Å²) in [5.74, 6) is 0.578. The van der Waals surface area contributed by atoms with Gasteiger partial charge in [0.2, 0.25) is 11.9 Å². The summed E-state index contributed by atoms with van der Waals surface area (Å²) in [6.07, 6.45) is 4.84. The molecule has 32 heavy (non-hydrogen) atoms. The molecule has 1 fully saturated rings. The van der Waals surface area contributed by atoms with E-state index in [1.165, 1.54) is 19.2 Å². The average Bonchev–Trinajstić information content (AvgIpc) is 2.75. The zero-order valence-corrected chi connectivity index (χ0v) is 19.2. The third-order valence-corrected chi connectivity index (χ3v) is 7.65. The van der Waals surface area contributed by atoms with Crippen molar-refractivity contribution in [2.24, 2.45) is 0 Å². The van der Waals surface area contributed by atoms with Crippen LogP contribution in [0.25, 0.3) is 0 Å². The third kappa shape index (κ3) is 5.53. The van der Waals surface area contributed by atoms with Crippen LogP contribution in [-0.2, 0) is 14.6 Å². The first-order valence-corrected chi connectivity index (χ1v) is 12.2. The molecule has 3 N–H and O–H groups in total. The number of nitrogens with one attached hydrogen (secondary N) is 3. The number of carbonyl (C=O) groups excluding carboxylic acids is 1. The standard InChI is InChI=1S/C22H28N6O3S/c1-14(2)32(30,31)20-7-5-4-6-19(20)27-21-16(12-23)13-24-22(28-21)26-18-10-8-17(9-11-18)25-15(3)29/h4-7,13-14,17-18H,8-11H2,1-3H3,(H,25,29)(H2,24,26,27,28). The van der Waals surface area contributed by atoms with Crippen molar-refractivity contribution in [1.82, 2.24) is 15.3 Å². The maximum Gasteiger partial charge on any atom is 0.224 e. The highest BCUT2D eigenvalue weighted by Crippen LogP contribution is 2.29. The molecule has 10 heteroatoms. The molecule has 0 radical (unpaired) electrons. The quantitative estimate of drug-likeness (QED) is 0.578. The molecular formula is C22H28N6O3S. The summed E-state index contributed by atoms with van der Waals surface area (Å²) in [6.45, 7) is 4.77. The highest BCUT2D eigenvalue weighted by Gasteiger charge is 2.24. The fourth-order valence-electron chi connectivity index (χ4n) is 3.68.